The Hall–Kier alpha value is -2.61. The van der Waals surface area contributed by atoms with E-state index in [-0.39, 0.29) is 38.5 Å². The number of benzene rings is 3. The lowest BCUT2D eigenvalue weighted by molar-refractivity contribution is -0.137. The van der Waals surface area contributed by atoms with E-state index >= 15 is 0 Å². The minimum absolute atomic E-state index is 0.0742. The van der Waals surface area contributed by atoms with Crippen molar-refractivity contribution in [1.82, 2.24) is 0 Å². The van der Waals surface area contributed by atoms with Crippen molar-refractivity contribution in [2.24, 2.45) is 0 Å². The second-order valence-electron chi connectivity index (χ2n) is 6.04. The van der Waals surface area contributed by atoms with E-state index in [0.717, 1.165) is 12.1 Å². The Morgan fingerprint density at radius 1 is 0.933 bits per heavy atom. The van der Waals surface area contributed by atoms with Crippen LogP contribution < -0.4 is 10.1 Å². The van der Waals surface area contributed by atoms with Gasteiger partial charge in [-0.3, -0.25) is 4.79 Å². The molecule has 0 heterocycles. The summed E-state index contributed by atoms with van der Waals surface area (Å²) in [7, 11) is 0. The number of nitrogens with one attached hydrogen (secondary N) is 1. The normalized spacial score (nSPS) is 11.3. The molecule has 0 saturated heterocycles. The number of ether oxygens (including phenoxy) is 1. The summed E-state index contributed by atoms with van der Waals surface area (Å²) >= 11 is 17.6. The number of alkyl halides is 3. The maximum absolute atomic E-state index is 13.3. The summed E-state index contributed by atoms with van der Waals surface area (Å²) in [5.41, 5.74) is -1.48. The maximum atomic E-state index is 13.3. The molecule has 0 aromatic heterocycles. The number of phenolic OH excluding ortho intramolecular Hbond substituents is 1. The van der Waals surface area contributed by atoms with Crippen LogP contribution in [-0.4, -0.2) is 11.0 Å². The molecule has 0 atom stereocenters. The zero-order valence-electron chi connectivity index (χ0n) is 14.7. The molecule has 3 rings (SSSR count). The molecular formula is C20H11Cl3F3NO3. The molecule has 0 spiro atoms. The first-order chi connectivity index (χ1) is 14.0. The average molecular weight is 477 g/mol. The third-order valence-electron chi connectivity index (χ3n) is 3.82. The molecule has 10 heteroatoms. The number of hydrogen-bond donors (Lipinski definition) is 2. The van der Waals surface area contributed by atoms with E-state index < -0.39 is 17.6 Å². The van der Waals surface area contributed by atoms with Crippen molar-refractivity contribution >= 4 is 46.4 Å². The van der Waals surface area contributed by atoms with Crippen LogP contribution in [0.2, 0.25) is 15.1 Å². The second kappa shape index (κ2) is 8.63. The van der Waals surface area contributed by atoms with Crippen molar-refractivity contribution in [3.8, 4) is 17.2 Å². The van der Waals surface area contributed by atoms with Crippen LogP contribution in [0.4, 0.5) is 18.9 Å². The number of halogens is 6. The van der Waals surface area contributed by atoms with Gasteiger partial charge in [-0.05, 0) is 48.5 Å². The summed E-state index contributed by atoms with van der Waals surface area (Å²) in [6, 6.07) is 10.6. The minimum Gasteiger partial charge on any atom is -0.507 e. The lowest BCUT2D eigenvalue weighted by Gasteiger charge is -2.15. The van der Waals surface area contributed by atoms with Gasteiger partial charge in [-0.15, -0.1) is 0 Å². The van der Waals surface area contributed by atoms with Crippen LogP contribution in [-0.2, 0) is 6.18 Å². The first kappa shape index (κ1) is 22.1. The summed E-state index contributed by atoms with van der Waals surface area (Å²) < 4.78 is 45.4. The lowest BCUT2D eigenvalue weighted by Crippen LogP contribution is -2.13. The highest BCUT2D eigenvalue weighted by atomic mass is 35.5. The maximum Gasteiger partial charge on any atom is 0.416 e. The molecule has 0 radical (unpaired) electrons. The van der Waals surface area contributed by atoms with Gasteiger partial charge in [0.2, 0.25) is 0 Å². The molecule has 156 valence electrons. The highest BCUT2D eigenvalue weighted by molar-refractivity contribution is 6.35. The highest BCUT2D eigenvalue weighted by Crippen LogP contribution is 2.38. The van der Waals surface area contributed by atoms with Gasteiger partial charge in [0.05, 0.1) is 16.1 Å². The van der Waals surface area contributed by atoms with E-state index in [1.165, 1.54) is 42.5 Å². The molecule has 0 bridgehead atoms. The molecule has 1 amide bonds. The third kappa shape index (κ3) is 5.30. The van der Waals surface area contributed by atoms with Crippen molar-refractivity contribution in [2.45, 2.75) is 6.18 Å². The van der Waals surface area contributed by atoms with Crippen molar-refractivity contribution in [1.29, 1.82) is 0 Å². The molecule has 4 nitrogen and oxygen atoms in total. The van der Waals surface area contributed by atoms with Crippen LogP contribution in [0.5, 0.6) is 17.2 Å². The van der Waals surface area contributed by atoms with Gasteiger partial charge >= 0.3 is 6.18 Å². The average Bonchev–Trinajstić information content (AvgIpc) is 2.65. The fourth-order valence-electron chi connectivity index (χ4n) is 2.47. The predicted octanol–water partition coefficient (Wildman–Crippen LogP) is 7.42. The van der Waals surface area contributed by atoms with Gasteiger partial charge in [-0.2, -0.15) is 13.2 Å². The predicted molar refractivity (Wildman–Crippen MR) is 109 cm³/mol. The molecule has 0 fully saturated rings. The molecule has 3 aromatic rings. The molecule has 0 aliphatic rings. The smallest absolute Gasteiger partial charge is 0.416 e. The largest absolute Gasteiger partial charge is 0.507 e. The van der Waals surface area contributed by atoms with E-state index in [9.17, 15) is 23.1 Å². The van der Waals surface area contributed by atoms with Crippen molar-refractivity contribution < 1.29 is 27.8 Å². The molecule has 2 N–H and O–H groups in total. The Morgan fingerprint density at radius 2 is 1.60 bits per heavy atom. The lowest BCUT2D eigenvalue weighted by atomic mass is 10.1. The SMILES string of the molecule is O=C(Nc1cc(Oc2ccc(Cl)cc2Cl)cc(C(F)(F)F)c1)c1cc(Cl)ccc1O. The zero-order valence-corrected chi connectivity index (χ0v) is 17.0. The molecule has 0 aliphatic heterocycles. The first-order valence-corrected chi connectivity index (χ1v) is 9.31. The number of carbonyl (C=O) groups is 1. The number of amides is 1. The molecule has 0 aliphatic carbocycles. The Kier molecular flexibility index (Phi) is 6.36. The van der Waals surface area contributed by atoms with Crippen LogP contribution >= 0.6 is 34.8 Å². The monoisotopic (exact) mass is 475 g/mol. The van der Waals surface area contributed by atoms with E-state index in [1.807, 2.05) is 0 Å². The number of hydrogen-bond acceptors (Lipinski definition) is 3. The van der Waals surface area contributed by atoms with Crippen LogP contribution in [0.1, 0.15) is 15.9 Å². The van der Waals surface area contributed by atoms with Crippen molar-refractivity contribution in [3.05, 3.63) is 80.8 Å². The van der Waals surface area contributed by atoms with Crippen molar-refractivity contribution in [3.63, 3.8) is 0 Å². The van der Waals surface area contributed by atoms with Crippen LogP contribution in [0.25, 0.3) is 0 Å². The first-order valence-electron chi connectivity index (χ1n) is 8.18. The Bertz CT molecular complexity index is 1120. The van der Waals surface area contributed by atoms with Crippen LogP contribution in [0.3, 0.4) is 0 Å². The van der Waals surface area contributed by atoms with Gasteiger partial charge in [0.15, 0.2) is 0 Å². The van der Waals surface area contributed by atoms with Gasteiger partial charge in [-0.25, -0.2) is 0 Å². The Labute approximate surface area is 183 Å². The van der Waals surface area contributed by atoms with Crippen LogP contribution in [0, 0.1) is 0 Å². The number of aromatic hydroxyl groups is 1. The Morgan fingerprint density at radius 3 is 2.27 bits per heavy atom. The van der Waals surface area contributed by atoms with E-state index in [0.29, 0.717) is 5.02 Å². The number of anilines is 1. The van der Waals surface area contributed by atoms with Gasteiger partial charge in [0, 0.05) is 21.8 Å². The molecule has 30 heavy (non-hydrogen) atoms. The molecule has 0 saturated carbocycles. The van der Waals surface area contributed by atoms with E-state index in [2.05, 4.69) is 5.32 Å². The standard InChI is InChI=1S/C20H11Cl3F3NO3/c21-11-1-3-17(28)15(7-11)19(29)27-13-5-10(20(24,25)26)6-14(9-13)30-18-4-2-12(22)8-16(18)23/h1-9,28H,(H,27,29). The highest BCUT2D eigenvalue weighted by Gasteiger charge is 2.32. The summed E-state index contributed by atoms with van der Waals surface area (Å²) in [6.07, 6.45) is -4.71. The van der Waals surface area contributed by atoms with Gasteiger partial charge in [0.1, 0.15) is 17.2 Å². The van der Waals surface area contributed by atoms with Gasteiger partial charge in [0.25, 0.3) is 5.91 Å². The van der Waals surface area contributed by atoms with Crippen LogP contribution in [0.15, 0.2) is 54.6 Å². The minimum atomic E-state index is -4.71. The Balaban J connectivity index is 1.96. The summed E-state index contributed by atoms with van der Waals surface area (Å²) in [5.74, 6) is -1.39. The summed E-state index contributed by atoms with van der Waals surface area (Å²) in [5, 5.41) is 12.7. The van der Waals surface area contributed by atoms with E-state index in [4.69, 9.17) is 39.5 Å². The molecule has 3 aromatic carbocycles. The van der Waals surface area contributed by atoms with Gasteiger partial charge in [-0.1, -0.05) is 34.8 Å². The van der Waals surface area contributed by atoms with Crippen molar-refractivity contribution in [2.75, 3.05) is 5.32 Å². The topological polar surface area (TPSA) is 58.6 Å². The number of rotatable bonds is 4. The number of phenols is 1. The third-order valence-corrected chi connectivity index (χ3v) is 4.58. The zero-order chi connectivity index (χ0) is 22.1. The fraction of sp³-hybridized carbons (Fsp3) is 0.0500. The van der Waals surface area contributed by atoms with Gasteiger partial charge < -0.3 is 15.2 Å². The molecular weight excluding hydrogens is 466 g/mol. The second-order valence-corrected chi connectivity index (χ2v) is 7.32. The quantitative estimate of drug-likeness (QED) is 0.412. The number of carbonyl (C=O) groups excluding carboxylic acids is 1. The molecule has 0 unspecified atom stereocenters. The van der Waals surface area contributed by atoms with E-state index in [1.54, 1.807) is 0 Å². The fourth-order valence-corrected chi connectivity index (χ4v) is 3.09. The summed E-state index contributed by atoms with van der Waals surface area (Å²) in [6.45, 7) is 0. The summed E-state index contributed by atoms with van der Waals surface area (Å²) in [4.78, 5) is 12.4.